The lowest BCUT2D eigenvalue weighted by Gasteiger charge is -2.31. The van der Waals surface area contributed by atoms with Crippen LogP contribution in [0.2, 0.25) is 0 Å². The molecule has 1 aliphatic carbocycles. The number of likely N-dealkylation sites (tertiary alicyclic amines) is 1. The minimum absolute atomic E-state index is 0.310. The van der Waals surface area contributed by atoms with Crippen molar-refractivity contribution in [1.29, 1.82) is 0 Å². The molecule has 1 aromatic heterocycles. The van der Waals surface area contributed by atoms with Crippen LogP contribution in [0.5, 0.6) is 0 Å². The Morgan fingerprint density at radius 1 is 1.38 bits per heavy atom. The van der Waals surface area contributed by atoms with E-state index in [2.05, 4.69) is 29.0 Å². The van der Waals surface area contributed by atoms with E-state index in [0.717, 1.165) is 38.3 Å². The van der Waals surface area contributed by atoms with Gasteiger partial charge in [0.05, 0.1) is 6.54 Å². The van der Waals surface area contributed by atoms with Gasteiger partial charge in [0.2, 0.25) is 5.91 Å². The number of nitrogens with zero attached hydrogens (tertiary/aromatic N) is 5. The van der Waals surface area contributed by atoms with Gasteiger partial charge in [-0.1, -0.05) is 0 Å². The molecule has 6 nitrogen and oxygen atoms in total. The number of hydrogen-bond acceptors (Lipinski definition) is 4. The van der Waals surface area contributed by atoms with Crippen LogP contribution in [-0.2, 0) is 17.9 Å². The lowest BCUT2D eigenvalue weighted by Crippen LogP contribution is -2.39. The first-order valence-corrected chi connectivity index (χ1v) is 7.89. The molecule has 0 bridgehead atoms. The molecule has 0 spiro atoms. The van der Waals surface area contributed by atoms with Gasteiger partial charge in [-0.2, -0.15) is 5.10 Å². The summed E-state index contributed by atoms with van der Waals surface area (Å²) in [6, 6.07) is 0.557. The summed E-state index contributed by atoms with van der Waals surface area (Å²) in [5.74, 6) is 2.59. The highest BCUT2D eigenvalue weighted by Crippen LogP contribution is 2.40. The minimum Gasteiger partial charge on any atom is -0.345 e. The maximum atomic E-state index is 11.8. The van der Waals surface area contributed by atoms with E-state index in [9.17, 15) is 4.79 Å². The van der Waals surface area contributed by atoms with E-state index in [4.69, 9.17) is 0 Å². The molecule has 0 N–H and O–H groups in total. The summed E-state index contributed by atoms with van der Waals surface area (Å²) < 4.78 is 1.95. The summed E-state index contributed by atoms with van der Waals surface area (Å²) in [7, 11) is 4.10. The Morgan fingerprint density at radius 2 is 2.14 bits per heavy atom. The number of carbonyl (C=O) groups excluding carboxylic acids is 1. The molecule has 3 atom stereocenters. The summed E-state index contributed by atoms with van der Waals surface area (Å²) in [4.78, 5) is 20.5. The van der Waals surface area contributed by atoms with Crippen molar-refractivity contribution in [1.82, 2.24) is 24.6 Å². The van der Waals surface area contributed by atoms with Gasteiger partial charge < -0.3 is 4.90 Å². The second kappa shape index (κ2) is 5.75. The zero-order chi connectivity index (χ0) is 15.0. The van der Waals surface area contributed by atoms with E-state index < -0.39 is 0 Å². The van der Waals surface area contributed by atoms with Gasteiger partial charge in [-0.3, -0.25) is 9.69 Å². The highest BCUT2D eigenvalue weighted by Gasteiger charge is 2.41. The van der Waals surface area contributed by atoms with Crippen molar-refractivity contribution >= 4 is 5.91 Å². The second-order valence-corrected chi connectivity index (χ2v) is 6.53. The Bertz CT molecular complexity index is 514. The zero-order valence-corrected chi connectivity index (χ0v) is 13.2. The number of amides is 1. The number of aromatic nitrogens is 3. The van der Waals surface area contributed by atoms with Crippen molar-refractivity contribution in [3.8, 4) is 0 Å². The van der Waals surface area contributed by atoms with Crippen molar-refractivity contribution in [3.05, 3.63) is 12.2 Å². The first kappa shape index (κ1) is 14.5. The molecule has 0 radical (unpaired) electrons. The van der Waals surface area contributed by atoms with E-state index in [1.165, 1.54) is 6.42 Å². The van der Waals surface area contributed by atoms with Gasteiger partial charge in [-0.15, -0.1) is 0 Å². The largest absolute Gasteiger partial charge is 0.345 e. The van der Waals surface area contributed by atoms with Crippen LogP contribution in [0.15, 0.2) is 6.33 Å². The lowest BCUT2D eigenvalue weighted by molar-refractivity contribution is -0.134. The lowest BCUT2D eigenvalue weighted by atomic mass is 9.88. The maximum absolute atomic E-state index is 11.8. The molecule has 21 heavy (non-hydrogen) atoms. The summed E-state index contributed by atoms with van der Waals surface area (Å²) in [5.41, 5.74) is 0. The Morgan fingerprint density at radius 3 is 2.90 bits per heavy atom. The zero-order valence-electron chi connectivity index (χ0n) is 13.2. The summed E-state index contributed by atoms with van der Waals surface area (Å²) in [6.45, 7) is 4.71. The van der Waals surface area contributed by atoms with E-state index in [-0.39, 0.29) is 0 Å². The van der Waals surface area contributed by atoms with Gasteiger partial charge in [0.25, 0.3) is 0 Å². The van der Waals surface area contributed by atoms with Gasteiger partial charge >= 0.3 is 0 Å². The number of fused-ring (bicyclic) bond motifs is 1. The molecular formula is C15H25N5O. The van der Waals surface area contributed by atoms with Gasteiger partial charge in [0, 0.05) is 32.6 Å². The van der Waals surface area contributed by atoms with E-state index in [1.54, 1.807) is 6.33 Å². The smallest absolute Gasteiger partial charge is 0.222 e. The SMILES string of the molecule is CCn1ncnc1CN(C)[C@@H]1C[C@@H]2CC(=O)N(C)C[C@@H]2C1. The van der Waals surface area contributed by atoms with Crippen LogP contribution in [0, 0.1) is 11.8 Å². The Labute approximate surface area is 126 Å². The van der Waals surface area contributed by atoms with Crippen LogP contribution >= 0.6 is 0 Å². The predicted octanol–water partition coefficient (Wildman–Crippen LogP) is 0.987. The highest BCUT2D eigenvalue weighted by molar-refractivity contribution is 5.77. The van der Waals surface area contributed by atoms with Crippen molar-refractivity contribution in [2.75, 3.05) is 20.6 Å². The molecule has 0 unspecified atom stereocenters. The van der Waals surface area contributed by atoms with E-state index in [1.807, 2.05) is 16.6 Å². The average molecular weight is 291 g/mol. The topological polar surface area (TPSA) is 54.3 Å². The van der Waals surface area contributed by atoms with Crippen LogP contribution in [-0.4, -0.2) is 57.2 Å². The number of hydrogen-bond donors (Lipinski definition) is 0. The van der Waals surface area contributed by atoms with Crippen LogP contribution in [0.1, 0.15) is 32.0 Å². The summed E-state index contributed by atoms with van der Waals surface area (Å²) >= 11 is 0. The van der Waals surface area contributed by atoms with Crippen LogP contribution in [0.3, 0.4) is 0 Å². The van der Waals surface area contributed by atoms with E-state index >= 15 is 0 Å². The fourth-order valence-electron chi connectivity index (χ4n) is 3.87. The molecule has 1 saturated heterocycles. The number of aryl methyl sites for hydroxylation is 1. The molecule has 116 valence electrons. The molecular weight excluding hydrogens is 266 g/mol. The second-order valence-electron chi connectivity index (χ2n) is 6.53. The predicted molar refractivity (Wildman–Crippen MR) is 79.4 cm³/mol. The Hall–Kier alpha value is -1.43. The Balaban J connectivity index is 1.62. The number of carbonyl (C=O) groups is 1. The van der Waals surface area contributed by atoms with Crippen molar-refractivity contribution < 1.29 is 4.79 Å². The average Bonchev–Trinajstić information content (AvgIpc) is 3.05. The standard InChI is InChI=1S/C15H25N5O/c1-4-20-14(16-10-17-20)9-18(2)13-5-11-7-15(21)19(3)8-12(11)6-13/h10-13H,4-9H2,1-3H3/t11-,12+,13-/m1/s1. The third-order valence-electron chi connectivity index (χ3n) is 5.20. The normalized spacial score (nSPS) is 29.2. The summed E-state index contributed by atoms with van der Waals surface area (Å²) in [5, 5.41) is 4.23. The van der Waals surface area contributed by atoms with Crippen molar-refractivity contribution in [2.45, 2.75) is 45.3 Å². The third kappa shape index (κ3) is 2.81. The van der Waals surface area contributed by atoms with E-state index in [0.29, 0.717) is 23.8 Å². The molecule has 1 aromatic rings. The molecule has 3 rings (SSSR count). The first-order chi connectivity index (χ1) is 10.1. The molecule has 1 saturated carbocycles. The molecule has 2 heterocycles. The van der Waals surface area contributed by atoms with Gasteiger partial charge in [-0.25, -0.2) is 9.67 Å². The molecule has 2 fully saturated rings. The summed E-state index contributed by atoms with van der Waals surface area (Å²) in [6.07, 6.45) is 4.70. The molecule has 2 aliphatic rings. The number of rotatable bonds is 4. The van der Waals surface area contributed by atoms with Gasteiger partial charge in [-0.05, 0) is 38.6 Å². The maximum Gasteiger partial charge on any atom is 0.222 e. The Kier molecular flexibility index (Phi) is 3.97. The molecule has 1 amide bonds. The van der Waals surface area contributed by atoms with Crippen molar-refractivity contribution in [3.63, 3.8) is 0 Å². The van der Waals surface area contributed by atoms with Crippen LogP contribution in [0.4, 0.5) is 0 Å². The quantitative estimate of drug-likeness (QED) is 0.830. The third-order valence-corrected chi connectivity index (χ3v) is 5.20. The monoisotopic (exact) mass is 291 g/mol. The van der Waals surface area contributed by atoms with Gasteiger partial charge in [0.15, 0.2) is 0 Å². The number of piperidine rings is 1. The minimum atomic E-state index is 0.310. The molecule has 0 aromatic carbocycles. The highest BCUT2D eigenvalue weighted by atomic mass is 16.2. The van der Waals surface area contributed by atoms with Crippen molar-refractivity contribution in [2.24, 2.45) is 11.8 Å². The fourth-order valence-corrected chi connectivity index (χ4v) is 3.87. The first-order valence-electron chi connectivity index (χ1n) is 7.89. The van der Waals surface area contributed by atoms with Gasteiger partial charge in [0.1, 0.15) is 12.2 Å². The molecule has 6 heteroatoms. The fraction of sp³-hybridized carbons (Fsp3) is 0.800. The van der Waals surface area contributed by atoms with Crippen LogP contribution in [0.25, 0.3) is 0 Å². The van der Waals surface area contributed by atoms with Crippen LogP contribution < -0.4 is 0 Å². The molecule has 1 aliphatic heterocycles.